The van der Waals surface area contributed by atoms with Crippen LogP contribution >= 0.6 is 11.3 Å². The standard InChI is InChI=1S/C20H22N2O2S/c1-15(2)20-21-17(14-25-20)11-19(23)22(13-18-9-6-10-24-18)12-16-7-4-3-5-8-16/h3-10,14-15H,11-13H2,1-2H3. The van der Waals surface area contributed by atoms with Crippen molar-refractivity contribution in [3.8, 4) is 0 Å². The number of rotatable bonds is 7. The fourth-order valence-corrected chi connectivity index (χ4v) is 3.40. The predicted molar refractivity (Wildman–Crippen MR) is 99.3 cm³/mol. The molecule has 0 aliphatic rings. The molecule has 0 bridgehead atoms. The average Bonchev–Trinajstić information content (AvgIpc) is 3.27. The van der Waals surface area contributed by atoms with Gasteiger partial charge in [-0.15, -0.1) is 11.3 Å². The van der Waals surface area contributed by atoms with Crippen LogP contribution in [0.15, 0.2) is 58.5 Å². The molecule has 4 nitrogen and oxygen atoms in total. The molecule has 0 saturated carbocycles. The van der Waals surface area contributed by atoms with E-state index in [1.165, 1.54) is 0 Å². The van der Waals surface area contributed by atoms with Crippen LogP contribution < -0.4 is 0 Å². The van der Waals surface area contributed by atoms with E-state index in [4.69, 9.17) is 4.42 Å². The van der Waals surface area contributed by atoms with E-state index in [-0.39, 0.29) is 5.91 Å². The molecule has 0 radical (unpaired) electrons. The number of thiazole rings is 1. The van der Waals surface area contributed by atoms with Crippen molar-refractivity contribution in [2.75, 3.05) is 0 Å². The molecule has 0 N–H and O–H groups in total. The van der Waals surface area contributed by atoms with Gasteiger partial charge in [0.2, 0.25) is 5.91 Å². The molecule has 2 aromatic heterocycles. The van der Waals surface area contributed by atoms with Gasteiger partial charge < -0.3 is 9.32 Å². The fraction of sp³-hybridized carbons (Fsp3) is 0.300. The number of carbonyl (C=O) groups is 1. The number of hydrogen-bond donors (Lipinski definition) is 0. The summed E-state index contributed by atoms with van der Waals surface area (Å²) in [4.78, 5) is 19.3. The number of nitrogens with zero attached hydrogens (tertiary/aromatic N) is 2. The topological polar surface area (TPSA) is 46.3 Å². The summed E-state index contributed by atoms with van der Waals surface area (Å²) in [6.45, 7) is 5.25. The Labute approximate surface area is 152 Å². The smallest absolute Gasteiger partial charge is 0.229 e. The molecule has 0 atom stereocenters. The Hall–Kier alpha value is -2.40. The van der Waals surface area contributed by atoms with Crippen molar-refractivity contribution in [2.24, 2.45) is 0 Å². The van der Waals surface area contributed by atoms with Crippen LogP contribution in [0, 0.1) is 0 Å². The lowest BCUT2D eigenvalue weighted by atomic mass is 10.2. The van der Waals surface area contributed by atoms with E-state index >= 15 is 0 Å². The Morgan fingerprint density at radius 2 is 1.96 bits per heavy atom. The van der Waals surface area contributed by atoms with E-state index in [9.17, 15) is 4.79 Å². The Morgan fingerprint density at radius 3 is 2.60 bits per heavy atom. The van der Waals surface area contributed by atoms with Gasteiger partial charge in [0.1, 0.15) is 5.76 Å². The van der Waals surface area contributed by atoms with Crippen LogP contribution in [0.1, 0.15) is 41.8 Å². The molecule has 0 fully saturated rings. The highest BCUT2D eigenvalue weighted by molar-refractivity contribution is 7.09. The number of benzene rings is 1. The average molecular weight is 354 g/mol. The number of hydrogen-bond acceptors (Lipinski definition) is 4. The van der Waals surface area contributed by atoms with E-state index < -0.39 is 0 Å². The first-order valence-electron chi connectivity index (χ1n) is 8.40. The summed E-state index contributed by atoms with van der Waals surface area (Å²) < 4.78 is 5.43. The zero-order chi connectivity index (χ0) is 17.6. The molecule has 0 aliphatic carbocycles. The maximum absolute atomic E-state index is 12.9. The van der Waals surface area contributed by atoms with Crippen molar-refractivity contribution in [1.29, 1.82) is 0 Å². The Bertz CT molecular complexity index is 794. The molecule has 0 unspecified atom stereocenters. The van der Waals surface area contributed by atoms with Gasteiger partial charge in [-0.3, -0.25) is 4.79 Å². The van der Waals surface area contributed by atoms with Gasteiger partial charge in [-0.1, -0.05) is 44.2 Å². The lowest BCUT2D eigenvalue weighted by Crippen LogP contribution is -2.31. The summed E-state index contributed by atoms with van der Waals surface area (Å²) in [5.74, 6) is 1.23. The van der Waals surface area contributed by atoms with Crippen molar-refractivity contribution in [1.82, 2.24) is 9.88 Å². The van der Waals surface area contributed by atoms with E-state index in [2.05, 4.69) is 18.8 Å². The minimum atomic E-state index is 0.0564. The van der Waals surface area contributed by atoms with Gasteiger partial charge in [-0.05, 0) is 17.7 Å². The van der Waals surface area contributed by atoms with Crippen LogP contribution in [0.5, 0.6) is 0 Å². The van der Waals surface area contributed by atoms with Crippen molar-refractivity contribution in [2.45, 2.75) is 39.3 Å². The first kappa shape index (κ1) is 17.4. The first-order valence-corrected chi connectivity index (χ1v) is 9.28. The van der Waals surface area contributed by atoms with Gasteiger partial charge in [0, 0.05) is 17.8 Å². The van der Waals surface area contributed by atoms with E-state index in [0.29, 0.717) is 25.4 Å². The predicted octanol–water partition coefficient (Wildman–Crippen LogP) is 4.63. The van der Waals surface area contributed by atoms with E-state index in [1.807, 2.05) is 52.7 Å². The Morgan fingerprint density at radius 1 is 1.16 bits per heavy atom. The number of carbonyl (C=O) groups excluding carboxylic acids is 1. The third-order valence-electron chi connectivity index (χ3n) is 3.89. The molecule has 0 aliphatic heterocycles. The summed E-state index contributed by atoms with van der Waals surface area (Å²) in [6, 6.07) is 13.7. The molecule has 1 amide bonds. The lowest BCUT2D eigenvalue weighted by Gasteiger charge is -2.21. The van der Waals surface area contributed by atoms with Gasteiger partial charge in [-0.2, -0.15) is 0 Å². The van der Waals surface area contributed by atoms with Crippen LogP contribution in [-0.4, -0.2) is 15.8 Å². The zero-order valence-corrected chi connectivity index (χ0v) is 15.3. The van der Waals surface area contributed by atoms with Crippen LogP contribution in [-0.2, 0) is 24.3 Å². The van der Waals surface area contributed by atoms with Crippen molar-refractivity contribution >= 4 is 17.2 Å². The highest BCUT2D eigenvalue weighted by Crippen LogP contribution is 2.20. The van der Waals surface area contributed by atoms with Crippen molar-refractivity contribution < 1.29 is 9.21 Å². The molecule has 1 aromatic carbocycles. The second kappa shape index (κ2) is 8.12. The maximum Gasteiger partial charge on any atom is 0.229 e. The van der Waals surface area contributed by atoms with Crippen LogP contribution in [0.25, 0.3) is 0 Å². The molecule has 0 spiro atoms. The van der Waals surface area contributed by atoms with E-state index in [0.717, 1.165) is 22.0 Å². The van der Waals surface area contributed by atoms with Crippen LogP contribution in [0.4, 0.5) is 0 Å². The number of furan rings is 1. The second-order valence-corrected chi connectivity index (χ2v) is 7.21. The van der Waals surface area contributed by atoms with Gasteiger partial charge in [0.25, 0.3) is 0 Å². The van der Waals surface area contributed by atoms with Gasteiger partial charge in [-0.25, -0.2) is 4.98 Å². The molecule has 2 heterocycles. The molecular weight excluding hydrogens is 332 g/mol. The second-order valence-electron chi connectivity index (χ2n) is 6.32. The molecule has 5 heteroatoms. The summed E-state index contributed by atoms with van der Waals surface area (Å²) in [5, 5.41) is 3.06. The minimum absolute atomic E-state index is 0.0564. The number of amides is 1. The fourth-order valence-electron chi connectivity index (χ4n) is 2.56. The van der Waals surface area contributed by atoms with Gasteiger partial charge >= 0.3 is 0 Å². The largest absolute Gasteiger partial charge is 0.467 e. The molecular formula is C20H22N2O2S. The van der Waals surface area contributed by atoms with Crippen LogP contribution in [0.3, 0.4) is 0 Å². The third-order valence-corrected chi connectivity index (χ3v) is 5.09. The number of aromatic nitrogens is 1. The highest BCUT2D eigenvalue weighted by atomic mass is 32.1. The lowest BCUT2D eigenvalue weighted by molar-refractivity contribution is -0.132. The maximum atomic E-state index is 12.9. The Balaban J connectivity index is 1.73. The summed E-state index contributed by atoms with van der Waals surface area (Å²) >= 11 is 1.62. The SMILES string of the molecule is CC(C)c1nc(CC(=O)N(Cc2ccccc2)Cc2ccco2)cs1. The molecule has 0 saturated heterocycles. The normalized spacial score (nSPS) is 11.0. The van der Waals surface area contributed by atoms with Crippen molar-refractivity contribution in [3.63, 3.8) is 0 Å². The zero-order valence-electron chi connectivity index (χ0n) is 14.5. The van der Waals surface area contributed by atoms with Gasteiger partial charge in [0.05, 0.1) is 29.9 Å². The third kappa shape index (κ3) is 4.79. The van der Waals surface area contributed by atoms with Gasteiger partial charge in [0.15, 0.2) is 0 Å². The quantitative estimate of drug-likeness (QED) is 0.621. The highest BCUT2D eigenvalue weighted by Gasteiger charge is 2.18. The first-order chi connectivity index (χ1) is 12.1. The monoisotopic (exact) mass is 354 g/mol. The summed E-state index contributed by atoms with van der Waals surface area (Å²) in [7, 11) is 0. The molecule has 3 rings (SSSR count). The molecule has 130 valence electrons. The molecule has 3 aromatic rings. The van der Waals surface area contributed by atoms with Crippen LogP contribution in [0.2, 0.25) is 0 Å². The molecule has 25 heavy (non-hydrogen) atoms. The minimum Gasteiger partial charge on any atom is -0.467 e. The summed E-state index contributed by atoms with van der Waals surface area (Å²) in [6.07, 6.45) is 1.95. The summed E-state index contributed by atoms with van der Waals surface area (Å²) in [5.41, 5.74) is 1.94. The Kier molecular flexibility index (Phi) is 5.66. The van der Waals surface area contributed by atoms with E-state index in [1.54, 1.807) is 17.6 Å². The van der Waals surface area contributed by atoms with Crippen molar-refractivity contribution in [3.05, 3.63) is 76.1 Å².